The van der Waals surface area contributed by atoms with Gasteiger partial charge in [-0.15, -0.1) is 0 Å². The van der Waals surface area contributed by atoms with Crippen molar-refractivity contribution in [3.05, 3.63) is 27.6 Å². The van der Waals surface area contributed by atoms with Crippen molar-refractivity contribution in [3.63, 3.8) is 0 Å². The SMILES string of the molecule is Fc1ccc(NC2=NC3(CCCC3)CS2)c(I)c1. The summed E-state index contributed by atoms with van der Waals surface area (Å²) in [5, 5.41) is 4.31. The Morgan fingerprint density at radius 2 is 2.11 bits per heavy atom. The van der Waals surface area contributed by atoms with Crippen molar-refractivity contribution in [2.24, 2.45) is 4.99 Å². The number of hydrogen-bond donors (Lipinski definition) is 1. The number of nitrogens with one attached hydrogen (secondary N) is 1. The van der Waals surface area contributed by atoms with Crippen LogP contribution in [0.1, 0.15) is 25.7 Å². The Hall–Kier alpha value is -0.300. The number of aliphatic imine (C=N–C) groups is 1. The molecule has 1 fully saturated rings. The topological polar surface area (TPSA) is 24.4 Å². The highest BCUT2D eigenvalue weighted by Gasteiger charge is 2.38. The first-order chi connectivity index (χ1) is 8.67. The van der Waals surface area contributed by atoms with Crippen LogP contribution in [0, 0.1) is 9.39 Å². The summed E-state index contributed by atoms with van der Waals surface area (Å²) in [6.07, 6.45) is 5.02. The molecule has 1 aliphatic carbocycles. The normalized spacial score (nSPS) is 21.3. The van der Waals surface area contributed by atoms with E-state index in [1.165, 1.54) is 37.8 Å². The molecule has 18 heavy (non-hydrogen) atoms. The summed E-state index contributed by atoms with van der Waals surface area (Å²) in [6, 6.07) is 4.80. The second kappa shape index (κ2) is 5.00. The predicted octanol–water partition coefficient (Wildman–Crippen LogP) is 4.26. The Balaban J connectivity index is 1.77. The molecular formula is C13H14FIN2S. The van der Waals surface area contributed by atoms with Crippen LogP contribution in [0.25, 0.3) is 0 Å². The second-order valence-corrected chi connectivity index (χ2v) is 7.01. The van der Waals surface area contributed by atoms with Gasteiger partial charge in [0.2, 0.25) is 0 Å². The molecule has 1 spiro atoms. The molecule has 1 aliphatic heterocycles. The molecule has 1 heterocycles. The molecule has 1 saturated carbocycles. The van der Waals surface area contributed by atoms with Crippen LogP contribution in [0.4, 0.5) is 10.1 Å². The molecule has 1 aromatic rings. The van der Waals surface area contributed by atoms with Crippen molar-refractivity contribution >= 4 is 45.2 Å². The molecule has 0 aromatic heterocycles. The molecule has 0 atom stereocenters. The molecule has 1 aromatic carbocycles. The number of thioether (sulfide) groups is 1. The van der Waals surface area contributed by atoms with E-state index < -0.39 is 0 Å². The predicted molar refractivity (Wildman–Crippen MR) is 83.8 cm³/mol. The molecule has 0 amide bonds. The van der Waals surface area contributed by atoms with Gasteiger partial charge in [0.25, 0.3) is 0 Å². The van der Waals surface area contributed by atoms with E-state index in [9.17, 15) is 4.39 Å². The lowest BCUT2D eigenvalue weighted by Gasteiger charge is -2.16. The third-order valence-corrected chi connectivity index (χ3v) is 5.56. The van der Waals surface area contributed by atoms with Gasteiger partial charge in [0, 0.05) is 9.32 Å². The van der Waals surface area contributed by atoms with Gasteiger partial charge >= 0.3 is 0 Å². The van der Waals surface area contributed by atoms with E-state index in [4.69, 9.17) is 4.99 Å². The van der Waals surface area contributed by atoms with Crippen LogP contribution in [0.5, 0.6) is 0 Å². The molecule has 2 nitrogen and oxygen atoms in total. The van der Waals surface area contributed by atoms with E-state index in [1.807, 2.05) is 0 Å². The maximum Gasteiger partial charge on any atom is 0.161 e. The maximum atomic E-state index is 13.0. The summed E-state index contributed by atoms with van der Waals surface area (Å²) in [4.78, 5) is 4.85. The molecule has 0 radical (unpaired) electrons. The van der Waals surface area contributed by atoms with Crippen LogP contribution < -0.4 is 5.32 Å². The van der Waals surface area contributed by atoms with Gasteiger partial charge in [-0.25, -0.2) is 4.39 Å². The lowest BCUT2D eigenvalue weighted by atomic mass is 10.0. The van der Waals surface area contributed by atoms with Gasteiger partial charge in [-0.05, 0) is 53.6 Å². The van der Waals surface area contributed by atoms with Crippen LogP contribution in [0.3, 0.4) is 0 Å². The highest BCUT2D eigenvalue weighted by molar-refractivity contribution is 14.1. The van der Waals surface area contributed by atoms with Gasteiger partial charge in [0.05, 0.1) is 11.2 Å². The molecule has 3 rings (SSSR count). The number of halogens is 2. The minimum absolute atomic E-state index is 0.193. The van der Waals surface area contributed by atoms with Crippen molar-refractivity contribution in [1.29, 1.82) is 0 Å². The lowest BCUT2D eigenvalue weighted by molar-refractivity contribution is 0.508. The number of hydrogen-bond acceptors (Lipinski definition) is 3. The Morgan fingerprint density at radius 1 is 1.33 bits per heavy atom. The van der Waals surface area contributed by atoms with Gasteiger partial charge in [-0.1, -0.05) is 24.6 Å². The molecular weight excluding hydrogens is 362 g/mol. The highest BCUT2D eigenvalue weighted by atomic mass is 127. The first kappa shape index (κ1) is 12.7. The van der Waals surface area contributed by atoms with E-state index >= 15 is 0 Å². The standard InChI is InChI=1S/C13H14FIN2S/c14-9-3-4-11(10(15)7-9)16-12-17-13(8-18-12)5-1-2-6-13/h3-4,7H,1-2,5-6,8H2,(H,16,17). The molecule has 1 N–H and O–H groups in total. The maximum absolute atomic E-state index is 13.0. The van der Waals surface area contributed by atoms with E-state index in [0.29, 0.717) is 0 Å². The summed E-state index contributed by atoms with van der Waals surface area (Å²) >= 11 is 3.93. The average Bonchev–Trinajstić information content (AvgIpc) is 2.94. The molecule has 5 heteroatoms. The summed E-state index contributed by atoms with van der Waals surface area (Å²) in [5.74, 6) is 0.894. The second-order valence-electron chi connectivity index (χ2n) is 4.89. The van der Waals surface area contributed by atoms with Crippen molar-refractivity contribution < 1.29 is 4.39 Å². The number of nitrogens with zero attached hydrogens (tertiary/aromatic N) is 1. The quantitative estimate of drug-likeness (QED) is 0.741. The highest BCUT2D eigenvalue weighted by Crippen LogP contribution is 2.41. The van der Waals surface area contributed by atoms with Gasteiger partial charge in [0.1, 0.15) is 5.82 Å². The molecule has 0 saturated heterocycles. The largest absolute Gasteiger partial charge is 0.334 e. The number of anilines is 1. The summed E-state index contributed by atoms with van der Waals surface area (Å²) in [5.41, 5.74) is 1.14. The average molecular weight is 376 g/mol. The van der Waals surface area contributed by atoms with Crippen molar-refractivity contribution in [3.8, 4) is 0 Å². The monoisotopic (exact) mass is 376 g/mol. The fraction of sp³-hybridized carbons (Fsp3) is 0.462. The minimum Gasteiger partial charge on any atom is -0.334 e. The Kier molecular flexibility index (Phi) is 3.53. The van der Waals surface area contributed by atoms with Crippen LogP contribution in [0.2, 0.25) is 0 Å². The fourth-order valence-electron chi connectivity index (χ4n) is 2.54. The molecule has 2 aliphatic rings. The first-order valence-electron chi connectivity index (χ1n) is 6.12. The zero-order valence-electron chi connectivity index (χ0n) is 9.88. The zero-order chi connectivity index (χ0) is 12.6. The van der Waals surface area contributed by atoms with Gasteiger partial charge in [0.15, 0.2) is 5.17 Å². The third kappa shape index (κ3) is 2.52. The van der Waals surface area contributed by atoms with Crippen molar-refractivity contribution in [2.45, 2.75) is 31.2 Å². The number of rotatable bonds is 1. The van der Waals surface area contributed by atoms with Crippen molar-refractivity contribution in [1.82, 2.24) is 0 Å². The van der Waals surface area contributed by atoms with E-state index in [0.717, 1.165) is 20.2 Å². The summed E-state index contributed by atoms with van der Waals surface area (Å²) < 4.78 is 13.9. The fourth-order valence-corrected chi connectivity index (χ4v) is 4.35. The Morgan fingerprint density at radius 3 is 2.83 bits per heavy atom. The number of benzene rings is 1. The first-order valence-corrected chi connectivity index (χ1v) is 8.18. The Bertz CT molecular complexity index is 498. The zero-order valence-corrected chi connectivity index (χ0v) is 12.9. The van der Waals surface area contributed by atoms with Crippen molar-refractivity contribution in [2.75, 3.05) is 11.1 Å². The molecule has 0 unspecified atom stereocenters. The lowest BCUT2D eigenvalue weighted by Crippen LogP contribution is -2.21. The molecule has 0 bridgehead atoms. The van der Waals surface area contributed by atoms with E-state index in [2.05, 4.69) is 27.9 Å². The smallest absolute Gasteiger partial charge is 0.161 e. The van der Waals surface area contributed by atoms with E-state index in [-0.39, 0.29) is 11.4 Å². The summed E-state index contributed by atoms with van der Waals surface area (Å²) in [6.45, 7) is 0. The van der Waals surface area contributed by atoms with Crippen LogP contribution in [0.15, 0.2) is 23.2 Å². The van der Waals surface area contributed by atoms with Gasteiger partial charge < -0.3 is 5.32 Å². The van der Waals surface area contributed by atoms with Gasteiger partial charge in [-0.3, -0.25) is 4.99 Å². The molecule has 96 valence electrons. The Labute approximate surface area is 124 Å². The van der Waals surface area contributed by atoms with Crippen LogP contribution in [-0.2, 0) is 0 Å². The minimum atomic E-state index is -0.196. The van der Waals surface area contributed by atoms with Crippen LogP contribution in [-0.4, -0.2) is 16.5 Å². The van der Waals surface area contributed by atoms with Crippen LogP contribution >= 0.6 is 34.4 Å². The number of amidine groups is 1. The van der Waals surface area contributed by atoms with E-state index in [1.54, 1.807) is 17.8 Å². The van der Waals surface area contributed by atoms with Gasteiger partial charge in [-0.2, -0.15) is 0 Å². The summed E-state index contributed by atoms with van der Waals surface area (Å²) in [7, 11) is 0. The third-order valence-electron chi connectivity index (χ3n) is 3.52.